The third-order valence-electron chi connectivity index (χ3n) is 1.48. The fraction of sp³-hybridized carbons (Fsp3) is 0.143. The zero-order valence-corrected chi connectivity index (χ0v) is 9.40. The van der Waals surface area contributed by atoms with Gasteiger partial charge >= 0.3 is 10.4 Å². The smallest absolute Gasteiger partial charge is 0.263 e. The van der Waals surface area contributed by atoms with Crippen molar-refractivity contribution >= 4 is 28.1 Å². The molecule has 1 aromatic carbocycles. The Kier molecular flexibility index (Phi) is 4.24. The van der Waals surface area contributed by atoms with E-state index in [0.717, 1.165) is 0 Å². The Bertz CT molecular complexity index is 485. The Hall–Kier alpha value is -1.16. The largest absolute Gasteiger partial charge is 0.408 e. The molecule has 0 radical (unpaired) electrons. The summed E-state index contributed by atoms with van der Waals surface area (Å²) < 4.78 is 32.7. The molecule has 0 aliphatic rings. The standard InChI is InChI=1S/C7H7NO6S2/c9-8(10)7-3-1-2-6(4-7)5-15-14-16(11,12)13/h1-4H,5H2,(H,11,12,13). The van der Waals surface area contributed by atoms with E-state index in [9.17, 15) is 18.5 Å². The first-order chi connectivity index (χ1) is 7.38. The highest BCUT2D eigenvalue weighted by Crippen LogP contribution is 2.19. The van der Waals surface area contributed by atoms with E-state index in [-0.39, 0.29) is 11.4 Å². The predicted octanol–water partition coefficient (Wildman–Crippen LogP) is 1.56. The lowest BCUT2D eigenvalue weighted by atomic mass is 10.2. The maximum absolute atomic E-state index is 10.4. The molecule has 0 saturated carbocycles. The number of benzene rings is 1. The van der Waals surface area contributed by atoms with Crippen molar-refractivity contribution in [1.29, 1.82) is 0 Å². The molecular weight excluding hydrogens is 258 g/mol. The van der Waals surface area contributed by atoms with Gasteiger partial charge in [0.2, 0.25) is 0 Å². The summed E-state index contributed by atoms with van der Waals surface area (Å²) in [5.74, 6) is 0.0709. The van der Waals surface area contributed by atoms with Crippen LogP contribution in [0.3, 0.4) is 0 Å². The van der Waals surface area contributed by atoms with E-state index in [2.05, 4.69) is 3.63 Å². The van der Waals surface area contributed by atoms with E-state index in [1.165, 1.54) is 18.2 Å². The van der Waals surface area contributed by atoms with Gasteiger partial charge in [0.15, 0.2) is 0 Å². The average molecular weight is 265 g/mol. The quantitative estimate of drug-likeness (QED) is 0.372. The minimum atomic E-state index is -4.49. The molecule has 0 spiro atoms. The molecule has 0 amide bonds. The highest BCUT2D eigenvalue weighted by atomic mass is 32.3. The van der Waals surface area contributed by atoms with Crippen LogP contribution in [-0.4, -0.2) is 17.9 Å². The second kappa shape index (κ2) is 5.25. The minimum Gasteiger partial charge on any atom is -0.263 e. The topological polar surface area (TPSA) is 107 Å². The van der Waals surface area contributed by atoms with E-state index >= 15 is 0 Å². The van der Waals surface area contributed by atoms with Crippen LogP contribution in [0.15, 0.2) is 24.3 Å². The van der Waals surface area contributed by atoms with Crippen molar-refractivity contribution < 1.29 is 21.5 Å². The van der Waals surface area contributed by atoms with E-state index in [1.807, 2.05) is 0 Å². The number of nitro benzene ring substituents is 1. The van der Waals surface area contributed by atoms with Crippen molar-refractivity contribution in [3.63, 3.8) is 0 Å². The van der Waals surface area contributed by atoms with Gasteiger partial charge in [-0.3, -0.25) is 14.7 Å². The average Bonchev–Trinajstić information content (AvgIpc) is 2.16. The second-order valence-corrected chi connectivity index (χ2v) is 4.61. The predicted molar refractivity (Wildman–Crippen MR) is 57.0 cm³/mol. The molecule has 88 valence electrons. The van der Waals surface area contributed by atoms with Gasteiger partial charge in [0, 0.05) is 29.9 Å². The van der Waals surface area contributed by atoms with Gasteiger partial charge in [0.1, 0.15) is 0 Å². The summed E-state index contributed by atoms with van der Waals surface area (Å²) in [6.45, 7) is 0. The number of non-ortho nitro benzene ring substituents is 1. The molecule has 0 saturated heterocycles. The lowest BCUT2D eigenvalue weighted by Gasteiger charge is -1.99. The molecule has 0 aromatic heterocycles. The SMILES string of the molecule is O=[N+]([O-])c1cccc(CSOS(=O)(=O)O)c1. The summed E-state index contributed by atoms with van der Waals surface area (Å²) in [4.78, 5) is 9.86. The maximum atomic E-state index is 10.4. The Balaban J connectivity index is 2.61. The Morgan fingerprint density at radius 1 is 1.50 bits per heavy atom. The summed E-state index contributed by atoms with van der Waals surface area (Å²) in [6, 6.07) is 5.66. The summed E-state index contributed by atoms with van der Waals surface area (Å²) in [5, 5.41) is 10.4. The maximum Gasteiger partial charge on any atom is 0.408 e. The monoisotopic (exact) mass is 265 g/mol. The van der Waals surface area contributed by atoms with Crippen LogP contribution < -0.4 is 0 Å². The van der Waals surface area contributed by atoms with Crippen LogP contribution in [0.25, 0.3) is 0 Å². The number of nitrogens with zero attached hydrogens (tertiary/aromatic N) is 1. The molecule has 9 heteroatoms. The van der Waals surface area contributed by atoms with Gasteiger partial charge in [-0.25, -0.2) is 0 Å². The molecule has 0 heterocycles. The normalized spacial score (nSPS) is 11.3. The van der Waals surface area contributed by atoms with E-state index in [1.54, 1.807) is 6.07 Å². The summed E-state index contributed by atoms with van der Waals surface area (Å²) in [5.41, 5.74) is 0.424. The van der Waals surface area contributed by atoms with Crippen LogP contribution in [0.4, 0.5) is 5.69 Å². The number of hydrogen-bond donors (Lipinski definition) is 1. The molecule has 0 bridgehead atoms. The molecule has 7 nitrogen and oxygen atoms in total. The van der Waals surface area contributed by atoms with Crippen LogP contribution in [-0.2, 0) is 19.8 Å². The number of rotatable bonds is 5. The van der Waals surface area contributed by atoms with Crippen molar-refractivity contribution in [2.24, 2.45) is 0 Å². The molecule has 0 unspecified atom stereocenters. The van der Waals surface area contributed by atoms with Gasteiger partial charge in [-0.2, -0.15) is 12.0 Å². The summed E-state index contributed by atoms with van der Waals surface area (Å²) >= 11 is 0.473. The fourth-order valence-electron chi connectivity index (χ4n) is 0.913. The van der Waals surface area contributed by atoms with Crippen LogP contribution in [0.1, 0.15) is 5.56 Å². The highest BCUT2D eigenvalue weighted by molar-refractivity contribution is 8.02. The molecule has 1 aromatic rings. The third kappa shape index (κ3) is 4.57. The molecular formula is C7H7NO6S2. The van der Waals surface area contributed by atoms with Crippen LogP contribution >= 0.6 is 12.0 Å². The summed E-state index contributed by atoms with van der Waals surface area (Å²) in [6.07, 6.45) is 0. The van der Waals surface area contributed by atoms with Crippen molar-refractivity contribution in [2.75, 3.05) is 0 Å². The number of hydrogen-bond acceptors (Lipinski definition) is 6. The Morgan fingerprint density at radius 3 is 2.75 bits per heavy atom. The van der Waals surface area contributed by atoms with Crippen LogP contribution in [0, 0.1) is 10.1 Å². The number of nitro groups is 1. The lowest BCUT2D eigenvalue weighted by molar-refractivity contribution is -0.384. The van der Waals surface area contributed by atoms with Gasteiger partial charge in [-0.05, 0) is 5.56 Å². The molecule has 0 fully saturated rings. The fourth-order valence-corrected chi connectivity index (χ4v) is 1.91. The van der Waals surface area contributed by atoms with Gasteiger partial charge in [-0.15, -0.1) is 0 Å². The van der Waals surface area contributed by atoms with Gasteiger partial charge in [0.05, 0.1) is 4.92 Å². The first-order valence-electron chi connectivity index (χ1n) is 3.90. The molecule has 0 aliphatic heterocycles. The van der Waals surface area contributed by atoms with Crippen molar-refractivity contribution in [3.8, 4) is 0 Å². The minimum absolute atomic E-state index is 0.0709. The van der Waals surface area contributed by atoms with Crippen LogP contribution in [0.2, 0.25) is 0 Å². The van der Waals surface area contributed by atoms with Gasteiger partial charge in [-0.1, -0.05) is 12.1 Å². The Labute approximate surface area is 95.7 Å². The second-order valence-electron chi connectivity index (χ2n) is 2.68. The zero-order chi connectivity index (χ0) is 12.2. The molecule has 0 atom stereocenters. The molecule has 1 rings (SSSR count). The first-order valence-corrected chi connectivity index (χ1v) is 6.18. The van der Waals surface area contributed by atoms with Gasteiger partial charge < -0.3 is 0 Å². The molecule has 1 N–H and O–H groups in total. The molecule has 0 aliphatic carbocycles. The third-order valence-corrected chi connectivity index (χ3v) is 3.01. The van der Waals surface area contributed by atoms with E-state index in [0.29, 0.717) is 17.6 Å². The van der Waals surface area contributed by atoms with Crippen LogP contribution in [0.5, 0.6) is 0 Å². The van der Waals surface area contributed by atoms with E-state index < -0.39 is 15.3 Å². The van der Waals surface area contributed by atoms with E-state index in [4.69, 9.17) is 4.55 Å². The highest BCUT2D eigenvalue weighted by Gasteiger charge is 2.08. The Morgan fingerprint density at radius 2 is 2.19 bits per heavy atom. The lowest BCUT2D eigenvalue weighted by Crippen LogP contribution is -1.97. The van der Waals surface area contributed by atoms with Crippen molar-refractivity contribution in [1.82, 2.24) is 0 Å². The van der Waals surface area contributed by atoms with Crippen molar-refractivity contribution in [3.05, 3.63) is 39.9 Å². The molecule has 16 heavy (non-hydrogen) atoms. The van der Waals surface area contributed by atoms with Crippen molar-refractivity contribution in [2.45, 2.75) is 5.75 Å². The zero-order valence-electron chi connectivity index (χ0n) is 7.77. The first kappa shape index (κ1) is 12.9. The summed E-state index contributed by atoms with van der Waals surface area (Å²) in [7, 11) is -4.49. The van der Waals surface area contributed by atoms with Gasteiger partial charge in [0.25, 0.3) is 5.69 Å².